The van der Waals surface area contributed by atoms with Crippen molar-refractivity contribution in [2.75, 3.05) is 11.9 Å². The SMILES string of the molecule is Cc1cc(NCCc2nc(C)c3c(n2)CCCC3)c2nncn2n1. The number of hydrogen-bond donors (Lipinski definition) is 1. The largest absolute Gasteiger partial charge is 0.381 e. The molecule has 1 N–H and O–H groups in total. The molecular weight excluding hydrogens is 302 g/mol. The zero-order valence-corrected chi connectivity index (χ0v) is 14.1. The molecule has 24 heavy (non-hydrogen) atoms. The molecule has 0 saturated heterocycles. The maximum atomic E-state index is 4.78. The number of fused-ring (bicyclic) bond motifs is 2. The van der Waals surface area contributed by atoms with E-state index in [-0.39, 0.29) is 0 Å². The van der Waals surface area contributed by atoms with Crippen molar-refractivity contribution in [3.63, 3.8) is 0 Å². The zero-order chi connectivity index (χ0) is 16.5. The molecule has 0 atom stereocenters. The molecule has 0 amide bonds. The van der Waals surface area contributed by atoms with Gasteiger partial charge in [-0.05, 0) is 51.2 Å². The molecule has 0 aromatic carbocycles. The van der Waals surface area contributed by atoms with Crippen LogP contribution in [0.5, 0.6) is 0 Å². The van der Waals surface area contributed by atoms with E-state index in [1.807, 2.05) is 13.0 Å². The smallest absolute Gasteiger partial charge is 0.200 e. The number of aromatic nitrogens is 6. The average molecular weight is 323 g/mol. The normalized spacial score (nSPS) is 13.9. The van der Waals surface area contributed by atoms with Crippen LogP contribution in [0.4, 0.5) is 5.69 Å². The van der Waals surface area contributed by atoms with Crippen LogP contribution in [0.2, 0.25) is 0 Å². The number of aryl methyl sites for hydroxylation is 3. The molecule has 7 heteroatoms. The Hall–Kier alpha value is -2.57. The lowest BCUT2D eigenvalue weighted by atomic mass is 9.95. The Morgan fingerprint density at radius 2 is 2.04 bits per heavy atom. The van der Waals surface area contributed by atoms with Gasteiger partial charge in [0.05, 0.1) is 11.4 Å². The Balaban J connectivity index is 1.49. The van der Waals surface area contributed by atoms with Crippen molar-refractivity contribution in [2.45, 2.75) is 46.0 Å². The predicted octanol–water partition coefficient (Wildman–Crippen LogP) is 2.06. The third-order valence-corrected chi connectivity index (χ3v) is 4.49. The number of anilines is 1. The first-order chi connectivity index (χ1) is 11.7. The Labute approximate surface area is 140 Å². The second kappa shape index (κ2) is 6.14. The van der Waals surface area contributed by atoms with Crippen LogP contribution in [-0.4, -0.2) is 36.3 Å². The van der Waals surface area contributed by atoms with Gasteiger partial charge in [0.2, 0.25) is 5.65 Å². The maximum Gasteiger partial charge on any atom is 0.200 e. The summed E-state index contributed by atoms with van der Waals surface area (Å²) in [6.45, 7) is 4.82. The summed E-state index contributed by atoms with van der Waals surface area (Å²) in [5.74, 6) is 0.920. The molecule has 0 saturated carbocycles. The van der Waals surface area contributed by atoms with Gasteiger partial charge in [-0.3, -0.25) is 0 Å². The lowest BCUT2D eigenvalue weighted by Gasteiger charge is -2.17. The quantitative estimate of drug-likeness (QED) is 0.791. The summed E-state index contributed by atoms with van der Waals surface area (Å²) in [7, 11) is 0. The summed E-state index contributed by atoms with van der Waals surface area (Å²) < 4.78 is 1.69. The highest BCUT2D eigenvalue weighted by atomic mass is 15.3. The fourth-order valence-corrected chi connectivity index (χ4v) is 3.35. The summed E-state index contributed by atoms with van der Waals surface area (Å²) in [6, 6.07) is 1.99. The number of hydrogen-bond acceptors (Lipinski definition) is 6. The van der Waals surface area contributed by atoms with Gasteiger partial charge in [0.15, 0.2) is 0 Å². The molecule has 3 heterocycles. The topological polar surface area (TPSA) is 80.9 Å². The van der Waals surface area contributed by atoms with Crippen molar-refractivity contribution in [3.05, 3.63) is 40.9 Å². The van der Waals surface area contributed by atoms with Crippen LogP contribution >= 0.6 is 0 Å². The molecular formula is C17H21N7. The number of nitrogens with one attached hydrogen (secondary N) is 1. The lowest BCUT2D eigenvalue weighted by Crippen LogP contribution is -2.15. The van der Waals surface area contributed by atoms with Crippen LogP contribution < -0.4 is 5.32 Å². The molecule has 0 bridgehead atoms. The summed E-state index contributed by atoms with van der Waals surface area (Å²) in [4.78, 5) is 9.47. The van der Waals surface area contributed by atoms with Crippen molar-refractivity contribution in [1.82, 2.24) is 29.8 Å². The molecule has 1 aliphatic carbocycles. The van der Waals surface area contributed by atoms with Crippen LogP contribution in [0.25, 0.3) is 5.65 Å². The minimum atomic E-state index is 0.739. The van der Waals surface area contributed by atoms with E-state index in [1.54, 1.807) is 10.8 Å². The second-order valence-electron chi connectivity index (χ2n) is 6.33. The molecule has 124 valence electrons. The Morgan fingerprint density at radius 1 is 1.17 bits per heavy atom. The Bertz CT molecular complexity index is 884. The van der Waals surface area contributed by atoms with Gasteiger partial charge in [0.25, 0.3) is 0 Å². The van der Waals surface area contributed by atoms with E-state index in [4.69, 9.17) is 9.97 Å². The van der Waals surface area contributed by atoms with Crippen molar-refractivity contribution in [3.8, 4) is 0 Å². The first-order valence-electron chi connectivity index (χ1n) is 8.47. The minimum Gasteiger partial charge on any atom is -0.381 e. The van der Waals surface area contributed by atoms with E-state index in [0.717, 1.165) is 54.4 Å². The van der Waals surface area contributed by atoms with Crippen LogP contribution in [0.3, 0.4) is 0 Å². The Morgan fingerprint density at radius 3 is 2.96 bits per heavy atom. The van der Waals surface area contributed by atoms with E-state index in [0.29, 0.717) is 0 Å². The van der Waals surface area contributed by atoms with E-state index in [1.165, 1.54) is 24.1 Å². The van der Waals surface area contributed by atoms with Crippen LogP contribution in [0.15, 0.2) is 12.4 Å². The zero-order valence-electron chi connectivity index (χ0n) is 14.1. The van der Waals surface area contributed by atoms with E-state index in [2.05, 4.69) is 27.5 Å². The Kier molecular flexibility index (Phi) is 3.84. The summed E-state index contributed by atoms with van der Waals surface area (Å²) in [5, 5.41) is 15.8. The molecule has 3 aromatic heterocycles. The van der Waals surface area contributed by atoms with Crippen LogP contribution in [0, 0.1) is 13.8 Å². The van der Waals surface area contributed by atoms with Gasteiger partial charge in [-0.25, -0.2) is 9.97 Å². The van der Waals surface area contributed by atoms with Crippen LogP contribution in [-0.2, 0) is 19.3 Å². The maximum absolute atomic E-state index is 4.78. The third-order valence-electron chi connectivity index (χ3n) is 4.49. The van der Waals surface area contributed by atoms with Gasteiger partial charge >= 0.3 is 0 Å². The molecule has 0 fully saturated rings. The lowest BCUT2D eigenvalue weighted by molar-refractivity contribution is 0.647. The molecule has 1 aliphatic rings. The number of nitrogens with zero attached hydrogens (tertiary/aromatic N) is 6. The third kappa shape index (κ3) is 2.81. The van der Waals surface area contributed by atoms with E-state index >= 15 is 0 Å². The molecule has 0 radical (unpaired) electrons. The summed E-state index contributed by atoms with van der Waals surface area (Å²) >= 11 is 0. The summed E-state index contributed by atoms with van der Waals surface area (Å²) in [5.41, 5.74) is 6.37. The fourth-order valence-electron chi connectivity index (χ4n) is 3.35. The standard InChI is InChI=1S/C17H21N7/c1-11-9-15(17-22-19-10-24(17)23-11)18-8-7-16-20-12(2)13-5-3-4-6-14(13)21-16/h9-10,18H,3-8H2,1-2H3. The highest BCUT2D eigenvalue weighted by Crippen LogP contribution is 2.22. The molecule has 4 rings (SSSR count). The first kappa shape index (κ1) is 15.0. The molecule has 0 spiro atoms. The van der Waals surface area contributed by atoms with E-state index < -0.39 is 0 Å². The van der Waals surface area contributed by atoms with Crippen LogP contribution in [0.1, 0.15) is 41.3 Å². The first-order valence-corrected chi connectivity index (χ1v) is 8.47. The van der Waals surface area contributed by atoms with Gasteiger partial charge < -0.3 is 5.32 Å². The highest BCUT2D eigenvalue weighted by molar-refractivity contribution is 5.66. The van der Waals surface area contributed by atoms with E-state index in [9.17, 15) is 0 Å². The fraction of sp³-hybridized carbons (Fsp3) is 0.471. The van der Waals surface area contributed by atoms with Gasteiger partial charge in [-0.15, -0.1) is 10.2 Å². The predicted molar refractivity (Wildman–Crippen MR) is 91.1 cm³/mol. The van der Waals surface area contributed by atoms with Gasteiger partial charge in [0.1, 0.15) is 12.2 Å². The van der Waals surface area contributed by atoms with Crippen molar-refractivity contribution in [2.24, 2.45) is 0 Å². The summed E-state index contributed by atoms with van der Waals surface area (Å²) in [6.07, 6.45) is 7.11. The minimum absolute atomic E-state index is 0.739. The monoisotopic (exact) mass is 323 g/mol. The van der Waals surface area contributed by atoms with Crippen molar-refractivity contribution >= 4 is 11.3 Å². The van der Waals surface area contributed by atoms with Crippen molar-refractivity contribution < 1.29 is 0 Å². The van der Waals surface area contributed by atoms with Crippen molar-refractivity contribution in [1.29, 1.82) is 0 Å². The average Bonchev–Trinajstić information content (AvgIpc) is 3.03. The molecule has 3 aromatic rings. The molecule has 0 aliphatic heterocycles. The van der Waals surface area contributed by atoms with Gasteiger partial charge in [0, 0.05) is 24.4 Å². The molecule has 0 unspecified atom stereocenters. The van der Waals surface area contributed by atoms with Gasteiger partial charge in [-0.1, -0.05) is 0 Å². The molecule has 7 nitrogen and oxygen atoms in total. The van der Waals surface area contributed by atoms with Gasteiger partial charge in [-0.2, -0.15) is 9.61 Å². The second-order valence-corrected chi connectivity index (χ2v) is 6.33. The highest BCUT2D eigenvalue weighted by Gasteiger charge is 2.15. The number of rotatable bonds is 4.